The first-order chi connectivity index (χ1) is 8.99. The zero-order valence-electron chi connectivity index (χ0n) is 10.9. The van der Waals surface area contributed by atoms with Gasteiger partial charge in [-0.05, 0) is 62.5 Å². The molecular weight excluding hydrogens is 267 g/mol. The lowest BCUT2D eigenvalue weighted by Crippen LogP contribution is -2.38. The van der Waals surface area contributed by atoms with Crippen LogP contribution in [0.15, 0.2) is 23.1 Å². The molecule has 1 aliphatic heterocycles. The number of halogens is 1. The van der Waals surface area contributed by atoms with Crippen LogP contribution in [0.25, 0.3) is 0 Å². The van der Waals surface area contributed by atoms with Crippen molar-refractivity contribution in [2.75, 3.05) is 19.6 Å². The Morgan fingerprint density at radius 3 is 2.89 bits per heavy atom. The number of hydrogen-bond acceptors (Lipinski definition) is 3. The Balaban J connectivity index is 2.02. The van der Waals surface area contributed by atoms with Crippen molar-refractivity contribution in [3.05, 3.63) is 29.6 Å². The van der Waals surface area contributed by atoms with E-state index in [9.17, 15) is 12.8 Å². The molecular formula is C13H19FN2O2S. The van der Waals surface area contributed by atoms with Gasteiger partial charge in [-0.3, -0.25) is 0 Å². The molecule has 1 aromatic carbocycles. The van der Waals surface area contributed by atoms with Crippen LogP contribution < -0.4 is 10.0 Å². The van der Waals surface area contributed by atoms with Crippen molar-refractivity contribution in [2.45, 2.75) is 24.7 Å². The second kappa shape index (κ2) is 5.98. The zero-order chi connectivity index (χ0) is 13.9. The van der Waals surface area contributed by atoms with E-state index in [2.05, 4.69) is 10.0 Å². The number of rotatable bonds is 4. The molecule has 0 amide bonds. The maximum Gasteiger partial charge on any atom is 0.240 e. The van der Waals surface area contributed by atoms with Crippen LogP contribution in [0.1, 0.15) is 18.4 Å². The Hall–Kier alpha value is -0.980. The molecule has 2 N–H and O–H groups in total. The number of hydrogen-bond donors (Lipinski definition) is 2. The van der Waals surface area contributed by atoms with Gasteiger partial charge in [-0.2, -0.15) is 0 Å². The number of aryl methyl sites for hydroxylation is 1. The van der Waals surface area contributed by atoms with Gasteiger partial charge in [0.05, 0.1) is 4.90 Å². The molecule has 1 saturated heterocycles. The average Bonchev–Trinajstić information content (AvgIpc) is 2.41. The van der Waals surface area contributed by atoms with E-state index in [0.29, 0.717) is 18.0 Å². The minimum Gasteiger partial charge on any atom is -0.316 e. The molecule has 0 radical (unpaired) electrons. The molecule has 1 atom stereocenters. The number of sulfonamides is 1. The Labute approximate surface area is 113 Å². The molecule has 2 rings (SSSR count). The van der Waals surface area contributed by atoms with Crippen LogP contribution in [-0.4, -0.2) is 28.1 Å². The van der Waals surface area contributed by atoms with Gasteiger partial charge in [0.1, 0.15) is 5.82 Å². The van der Waals surface area contributed by atoms with Crippen molar-refractivity contribution >= 4 is 10.0 Å². The minimum atomic E-state index is -3.54. The first-order valence-corrected chi connectivity index (χ1v) is 7.94. The minimum absolute atomic E-state index is 0.121. The van der Waals surface area contributed by atoms with Crippen LogP contribution in [0, 0.1) is 18.7 Å². The van der Waals surface area contributed by atoms with Crippen molar-refractivity contribution in [3.63, 3.8) is 0 Å². The SMILES string of the molecule is Cc1cc(S(=O)(=O)NC[C@H]2CCCNC2)ccc1F. The first-order valence-electron chi connectivity index (χ1n) is 6.45. The number of benzene rings is 1. The van der Waals surface area contributed by atoms with Gasteiger partial charge in [0.15, 0.2) is 0 Å². The van der Waals surface area contributed by atoms with Gasteiger partial charge in [0.2, 0.25) is 10.0 Å². The van der Waals surface area contributed by atoms with Gasteiger partial charge in [0.25, 0.3) is 0 Å². The summed E-state index contributed by atoms with van der Waals surface area (Å²) in [5.74, 6) is -0.0690. The molecule has 1 aromatic rings. The smallest absolute Gasteiger partial charge is 0.240 e. The van der Waals surface area contributed by atoms with Crippen LogP contribution in [0.2, 0.25) is 0 Å². The van der Waals surface area contributed by atoms with Gasteiger partial charge in [-0.25, -0.2) is 17.5 Å². The van der Waals surface area contributed by atoms with E-state index in [4.69, 9.17) is 0 Å². The van der Waals surface area contributed by atoms with E-state index in [0.717, 1.165) is 25.9 Å². The largest absolute Gasteiger partial charge is 0.316 e. The summed E-state index contributed by atoms with van der Waals surface area (Å²) in [7, 11) is -3.54. The lowest BCUT2D eigenvalue weighted by molar-refractivity contribution is 0.376. The third kappa shape index (κ3) is 3.75. The second-order valence-electron chi connectivity index (χ2n) is 4.98. The second-order valence-corrected chi connectivity index (χ2v) is 6.74. The van der Waals surface area contributed by atoms with Gasteiger partial charge < -0.3 is 5.32 Å². The van der Waals surface area contributed by atoms with Crippen LogP contribution in [0.4, 0.5) is 4.39 Å². The third-order valence-electron chi connectivity index (χ3n) is 3.40. The number of nitrogens with one attached hydrogen (secondary N) is 2. The zero-order valence-corrected chi connectivity index (χ0v) is 11.8. The fourth-order valence-corrected chi connectivity index (χ4v) is 3.39. The third-order valence-corrected chi connectivity index (χ3v) is 4.82. The first kappa shape index (κ1) is 14.4. The van der Waals surface area contributed by atoms with E-state index in [1.54, 1.807) is 6.92 Å². The summed E-state index contributed by atoms with van der Waals surface area (Å²) in [4.78, 5) is 0.121. The van der Waals surface area contributed by atoms with E-state index in [1.165, 1.54) is 18.2 Å². The average molecular weight is 286 g/mol. The van der Waals surface area contributed by atoms with Crippen molar-refractivity contribution < 1.29 is 12.8 Å². The predicted molar refractivity (Wildman–Crippen MR) is 71.9 cm³/mol. The maximum absolute atomic E-state index is 13.1. The summed E-state index contributed by atoms with van der Waals surface area (Å²) in [5.41, 5.74) is 0.335. The Morgan fingerprint density at radius 1 is 1.47 bits per heavy atom. The van der Waals surface area contributed by atoms with Gasteiger partial charge in [-0.1, -0.05) is 0 Å². The van der Waals surface area contributed by atoms with Crippen LogP contribution in [0.3, 0.4) is 0 Å². The van der Waals surface area contributed by atoms with Gasteiger partial charge in [-0.15, -0.1) is 0 Å². The summed E-state index contributed by atoms with van der Waals surface area (Å²) in [5, 5.41) is 3.24. The quantitative estimate of drug-likeness (QED) is 0.880. The molecule has 106 valence electrons. The van der Waals surface area contributed by atoms with Crippen LogP contribution in [0.5, 0.6) is 0 Å². The Bertz CT molecular complexity index is 540. The van der Waals surface area contributed by atoms with Crippen molar-refractivity contribution in [1.29, 1.82) is 0 Å². The van der Waals surface area contributed by atoms with E-state index in [-0.39, 0.29) is 4.90 Å². The van der Waals surface area contributed by atoms with E-state index >= 15 is 0 Å². The normalized spacial score (nSPS) is 20.4. The van der Waals surface area contributed by atoms with E-state index < -0.39 is 15.8 Å². The predicted octanol–water partition coefficient (Wildman–Crippen LogP) is 1.41. The summed E-state index contributed by atoms with van der Waals surface area (Å²) >= 11 is 0. The molecule has 4 nitrogen and oxygen atoms in total. The Kier molecular flexibility index (Phi) is 4.54. The highest BCUT2D eigenvalue weighted by atomic mass is 32.2. The topological polar surface area (TPSA) is 58.2 Å². The van der Waals surface area contributed by atoms with Crippen LogP contribution >= 0.6 is 0 Å². The van der Waals surface area contributed by atoms with Crippen molar-refractivity contribution in [2.24, 2.45) is 5.92 Å². The summed E-state index contributed by atoms with van der Waals surface area (Å²) < 4.78 is 39.9. The highest BCUT2D eigenvalue weighted by Crippen LogP contribution is 2.15. The number of piperidine rings is 1. The Morgan fingerprint density at radius 2 is 2.26 bits per heavy atom. The van der Waals surface area contributed by atoms with E-state index in [1.807, 2.05) is 0 Å². The molecule has 6 heteroatoms. The van der Waals surface area contributed by atoms with Crippen molar-refractivity contribution in [3.8, 4) is 0 Å². The lowest BCUT2D eigenvalue weighted by Gasteiger charge is -2.22. The molecule has 0 unspecified atom stereocenters. The molecule has 1 heterocycles. The van der Waals surface area contributed by atoms with Crippen LogP contribution in [-0.2, 0) is 10.0 Å². The molecule has 0 saturated carbocycles. The standard InChI is InChI=1S/C13H19FN2O2S/c1-10-7-12(4-5-13(10)14)19(17,18)16-9-11-3-2-6-15-8-11/h4-5,7,11,15-16H,2-3,6,8-9H2,1H3/t11-/m0/s1. The molecule has 1 aliphatic rings. The molecule has 19 heavy (non-hydrogen) atoms. The van der Waals surface area contributed by atoms with Gasteiger partial charge >= 0.3 is 0 Å². The lowest BCUT2D eigenvalue weighted by atomic mass is 10.0. The summed E-state index contributed by atoms with van der Waals surface area (Å²) in [6.45, 7) is 3.82. The molecule has 1 fully saturated rings. The fraction of sp³-hybridized carbons (Fsp3) is 0.538. The highest BCUT2D eigenvalue weighted by Gasteiger charge is 2.19. The van der Waals surface area contributed by atoms with Gasteiger partial charge in [0, 0.05) is 6.54 Å². The maximum atomic E-state index is 13.1. The summed E-state index contributed by atoms with van der Waals surface area (Å²) in [6, 6.07) is 3.84. The fourth-order valence-electron chi connectivity index (χ4n) is 2.19. The molecule has 0 aromatic heterocycles. The monoisotopic (exact) mass is 286 g/mol. The molecule has 0 spiro atoms. The molecule has 0 bridgehead atoms. The van der Waals surface area contributed by atoms with Crippen molar-refractivity contribution in [1.82, 2.24) is 10.0 Å². The highest BCUT2D eigenvalue weighted by molar-refractivity contribution is 7.89. The summed E-state index contributed by atoms with van der Waals surface area (Å²) in [6.07, 6.45) is 2.10. The molecule has 0 aliphatic carbocycles.